The van der Waals surface area contributed by atoms with Crippen molar-refractivity contribution >= 4 is 28.0 Å². The number of aromatic nitrogens is 1. The highest BCUT2D eigenvalue weighted by molar-refractivity contribution is 9.10. The minimum Gasteiger partial charge on any atom is -0.354 e. The number of halogens is 2. The second-order valence-electron chi connectivity index (χ2n) is 3.92. The predicted octanol–water partition coefficient (Wildman–Crippen LogP) is 2.40. The molecule has 1 aliphatic rings. The Labute approximate surface area is 102 Å². The molecule has 0 aliphatic carbocycles. The molecule has 0 atom stereocenters. The smallest absolute Gasteiger partial charge is 0.166 e. The van der Waals surface area contributed by atoms with E-state index in [1.54, 1.807) is 6.20 Å². The van der Waals surface area contributed by atoms with Crippen LogP contribution in [0.5, 0.6) is 0 Å². The minimum atomic E-state index is -0.320. The van der Waals surface area contributed by atoms with Gasteiger partial charge in [-0.2, -0.15) is 0 Å². The first kappa shape index (κ1) is 11.5. The van der Waals surface area contributed by atoms with Crippen molar-refractivity contribution in [3.05, 3.63) is 22.6 Å². The molecule has 16 heavy (non-hydrogen) atoms. The van der Waals surface area contributed by atoms with E-state index in [1.165, 1.54) is 6.07 Å². The lowest BCUT2D eigenvalue weighted by atomic mass is 9.99. The van der Waals surface area contributed by atoms with E-state index in [4.69, 9.17) is 0 Å². The summed E-state index contributed by atoms with van der Waals surface area (Å²) in [6.07, 6.45) is 4.13. The Morgan fingerprint density at radius 3 is 2.75 bits per heavy atom. The van der Waals surface area contributed by atoms with Crippen LogP contribution in [-0.2, 0) is 4.79 Å². The number of carbonyl (C=O) groups is 1. The van der Waals surface area contributed by atoms with Crippen molar-refractivity contribution in [2.45, 2.75) is 12.8 Å². The third kappa shape index (κ3) is 2.40. The SMILES string of the molecule is O=CC1CCN(c2ncc(Br)cc2F)CC1. The van der Waals surface area contributed by atoms with Crippen molar-refractivity contribution in [2.24, 2.45) is 5.92 Å². The van der Waals surface area contributed by atoms with Crippen molar-refractivity contribution < 1.29 is 9.18 Å². The van der Waals surface area contributed by atoms with Crippen molar-refractivity contribution in [2.75, 3.05) is 18.0 Å². The van der Waals surface area contributed by atoms with Crippen molar-refractivity contribution in [3.8, 4) is 0 Å². The van der Waals surface area contributed by atoms with Crippen LogP contribution in [0, 0.1) is 11.7 Å². The zero-order valence-corrected chi connectivity index (χ0v) is 10.3. The zero-order chi connectivity index (χ0) is 11.5. The topological polar surface area (TPSA) is 33.2 Å². The monoisotopic (exact) mass is 286 g/mol. The second-order valence-corrected chi connectivity index (χ2v) is 4.84. The number of hydrogen-bond donors (Lipinski definition) is 0. The molecule has 2 rings (SSSR count). The summed E-state index contributed by atoms with van der Waals surface area (Å²) in [5.41, 5.74) is 0. The van der Waals surface area contributed by atoms with Gasteiger partial charge in [0.2, 0.25) is 0 Å². The van der Waals surface area contributed by atoms with E-state index in [0.717, 1.165) is 19.1 Å². The van der Waals surface area contributed by atoms with Crippen LogP contribution in [0.3, 0.4) is 0 Å². The van der Waals surface area contributed by atoms with E-state index >= 15 is 0 Å². The highest BCUT2D eigenvalue weighted by Gasteiger charge is 2.21. The van der Waals surface area contributed by atoms with Gasteiger partial charge in [-0.15, -0.1) is 0 Å². The summed E-state index contributed by atoms with van der Waals surface area (Å²) in [7, 11) is 0. The molecule has 0 aromatic carbocycles. The fourth-order valence-electron chi connectivity index (χ4n) is 1.89. The number of anilines is 1. The third-order valence-corrected chi connectivity index (χ3v) is 3.25. The van der Waals surface area contributed by atoms with Gasteiger partial charge in [0.15, 0.2) is 11.6 Å². The van der Waals surface area contributed by atoms with Gasteiger partial charge in [-0.3, -0.25) is 0 Å². The number of aldehydes is 1. The number of piperidine rings is 1. The van der Waals surface area contributed by atoms with Crippen LogP contribution in [-0.4, -0.2) is 24.4 Å². The van der Waals surface area contributed by atoms with Crippen LogP contribution in [0.25, 0.3) is 0 Å². The van der Waals surface area contributed by atoms with Crippen molar-refractivity contribution in [3.63, 3.8) is 0 Å². The fraction of sp³-hybridized carbons (Fsp3) is 0.455. The fourth-order valence-corrected chi connectivity index (χ4v) is 2.19. The van der Waals surface area contributed by atoms with Gasteiger partial charge in [0.25, 0.3) is 0 Å². The largest absolute Gasteiger partial charge is 0.354 e. The van der Waals surface area contributed by atoms with Crippen LogP contribution in [0.15, 0.2) is 16.7 Å². The molecule has 0 N–H and O–H groups in total. The Morgan fingerprint density at radius 1 is 1.50 bits per heavy atom. The maximum atomic E-state index is 13.6. The molecule has 1 aliphatic heterocycles. The highest BCUT2D eigenvalue weighted by Crippen LogP contribution is 2.24. The maximum Gasteiger partial charge on any atom is 0.166 e. The second kappa shape index (κ2) is 4.91. The Kier molecular flexibility index (Phi) is 3.53. The maximum absolute atomic E-state index is 13.6. The third-order valence-electron chi connectivity index (χ3n) is 2.82. The van der Waals surface area contributed by atoms with E-state index in [9.17, 15) is 9.18 Å². The first-order chi connectivity index (χ1) is 7.70. The van der Waals surface area contributed by atoms with E-state index in [1.807, 2.05) is 4.90 Å². The molecule has 2 heterocycles. The molecule has 0 bridgehead atoms. The summed E-state index contributed by atoms with van der Waals surface area (Å²) in [5.74, 6) is 0.182. The van der Waals surface area contributed by atoms with Crippen LogP contribution >= 0.6 is 15.9 Å². The summed E-state index contributed by atoms with van der Waals surface area (Å²) < 4.78 is 14.2. The minimum absolute atomic E-state index is 0.120. The van der Waals surface area contributed by atoms with Crippen molar-refractivity contribution in [1.29, 1.82) is 0 Å². The van der Waals surface area contributed by atoms with Crippen LogP contribution < -0.4 is 4.90 Å². The molecule has 0 radical (unpaired) electrons. The Morgan fingerprint density at radius 2 is 2.19 bits per heavy atom. The molecule has 0 unspecified atom stereocenters. The van der Waals surface area contributed by atoms with Gasteiger partial charge in [0.1, 0.15) is 6.29 Å². The lowest BCUT2D eigenvalue weighted by Crippen LogP contribution is -2.35. The summed E-state index contributed by atoms with van der Waals surface area (Å²) in [4.78, 5) is 16.6. The summed E-state index contributed by atoms with van der Waals surface area (Å²) in [5, 5.41) is 0. The highest BCUT2D eigenvalue weighted by atomic mass is 79.9. The van der Waals surface area contributed by atoms with Gasteiger partial charge in [-0.25, -0.2) is 9.37 Å². The molecular formula is C11H12BrFN2O. The summed E-state index contributed by atoms with van der Waals surface area (Å²) >= 11 is 3.17. The van der Waals surface area contributed by atoms with Gasteiger partial charge in [0, 0.05) is 29.7 Å². The van der Waals surface area contributed by atoms with Crippen LogP contribution in [0.1, 0.15) is 12.8 Å². The van der Waals surface area contributed by atoms with Gasteiger partial charge in [-0.05, 0) is 34.8 Å². The van der Waals surface area contributed by atoms with Gasteiger partial charge in [-0.1, -0.05) is 0 Å². The van der Waals surface area contributed by atoms with Crippen LogP contribution in [0.2, 0.25) is 0 Å². The standard InChI is InChI=1S/C11H12BrFN2O/c12-9-5-10(13)11(14-6-9)15-3-1-8(7-16)2-4-15/h5-8H,1-4H2. The quantitative estimate of drug-likeness (QED) is 0.783. The molecule has 1 aromatic rings. The van der Waals surface area contributed by atoms with E-state index in [2.05, 4.69) is 20.9 Å². The van der Waals surface area contributed by atoms with Crippen molar-refractivity contribution in [1.82, 2.24) is 4.98 Å². The molecule has 1 aromatic heterocycles. The Bertz CT molecular complexity index is 392. The number of hydrogen-bond acceptors (Lipinski definition) is 3. The molecule has 0 spiro atoms. The molecule has 1 fully saturated rings. The number of nitrogens with zero attached hydrogens (tertiary/aromatic N) is 2. The predicted molar refractivity (Wildman–Crippen MR) is 62.9 cm³/mol. The first-order valence-electron chi connectivity index (χ1n) is 5.22. The lowest BCUT2D eigenvalue weighted by molar-refractivity contribution is -0.111. The number of carbonyl (C=O) groups excluding carboxylic acids is 1. The van der Waals surface area contributed by atoms with Gasteiger partial charge in [0.05, 0.1) is 0 Å². The van der Waals surface area contributed by atoms with Crippen LogP contribution in [0.4, 0.5) is 10.2 Å². The Balaban J connectivity index is 2.11. The van der Waals surface area contributed by atoms with Gasteiger partial charge >= 0.3 is 0 Å². The molecule has 0 saturated carbocycles. The normalized spacial score (nSPS) is 17.5. The average Bonchev–Trinajstić information content (AvgIpc) is 2.29. The molecule has 0 amide bonds. The Hall–Kier alpha value is -0.970. The molecular weight excluding hydrogens is 275 g/mol. The first-order valence-corrected chi connectivity index (χ1v) is 6.01. The average molecular weight is 287 g/mol. The molecule has 3 nitrogen and oxygen atoms in total. The van der Waals surface area contributed by atoms with E-state index < -0.39 is 0 Å². The molecule has 86 valence electrons. The molecule has 1 saturated heterocycles. The number of pyridine rings is 1. The summed E-state index contributed by atoms with van der Waals surface area (Å²) in [6.45, 7) is 1.38. The number of rotatable bonds is 2. The van der Waals surface area contributed by atoms with Gasteiger partial charge < -0.3 is 9.69 Å². The van der Waals surface area contributed by atoms with E-state index in [0.29, 0.717) is 23.4 Å². The summed E-state index contributed by atoms with van der Waals surface area (Å²) in [6, 6.07) is 1.41. The lowest BCUT2D eigenvalue weighted by Gasteiger charge is -2.30. The molecule has 5 heteroatoms. The zero-order valence-electron chi connectivity index (χ0n) is 8.70. The van der Waals surface area contributed by atoms with E-state index in [-0.39, 0.29) is 11.7 Å².